The number of hydrogen-bond acceptors (Lipinski definition) is 6. The Kier molecular flexibility index (Phi) is 4.64. The van der Waals surface area contributed by atoms with Crippen molar-refractivity contribution in [3.63, 3.8) is 0 Å². The molecule has 1 N–H and O–H groups in total. The highest BCUT2D eigenvalue weighted by molar-refractivity contribution is 6.03. The van der Waals surface area contributed by atoms with E-state index in [-0.39, 0.29) is 5.56 Å². The van der Waals surface area contributed by atoms with Crippen LogP contribution in [0.3, 0.4) is 0 Å². The maximum absolute atomic E-state index is 12.2. The normalized spacial score (nSPS) is 11.9. The molecular formula is C14H20N2O6. The summed E-state index contributed by atoms with van der Waals surface area (Å²) in [5.41, 5.74) is -2.38. The molecule has 0 amide bonds. The number of aromatic nitrogens is 2. The molecule has 0 radical (unpaired) electrons. The number of carboxylic acid groups (broad SMARTS) is 1. The Balaban J connectivity index is 3.28. The van der Waals surface area contributed by atoms with Crippen LogP contribution in [-0.4, -0.2) is 44.1 Å². The van der Waals surface area contributed by atoms with E-state index in [1.807, 2.05) is 0 Å². The van der Waals surface area contributed by atoms with E-state index in [0.717, 1.165) is 6.20 Å². The summed E-state index contributed by atoms with van der Waals surface area (Å²) in [6.07, 6.45) is -0.530. The highest BCUT2D eigenvalue weighted by Gasteiger charge is 2.32. The molecule has 0 bridgehead atoms. The van der Waals surface area contributed by atoms with Gasteiger partial charge in [-0.2, -0.15) is 9.78 Å². The third kappa shape index (κ3) is 4.57. The van der Waals surface area contributed by atoms with Crippen molar-refractivity contribution in [2.45, 2.75) is 52.7 Å². The van der Waals surface area contributed by atoms with E-state index in [4.69, 9.17) is 14.6 Å². The minimum atomic E-state index is -1.50. The Morgan fingerprint density at radius 1 is 1.00 bits per heavy atom. The van der Waals surface area contributed by atoms with Crippen LogP contribution >= 0.6 is 0 Å². The van der Waals surface area contributed by atoms with Crippen molar-refractivity contribution in [3.8, 4) is 0 Å². The first-order chi connectivity index (χ1) is 9.82. The maximum atomic E-state index is 12.2. The molecule has 8 nitrogen and oxygen atoms in total. The van der Waals surface area contributed by atoms with Gasteiger partial charge in [-0.3, -0.25) is 0 Å². The van der Waals surface area contributed by atoms with Crippen LogP contribution in [0.5, 0.6) is 0 Å². The first kappa shape index (κ1) is 17.7. The number of ether oxygens (including phenoxy) is 2. The zero-order valence-corrected chi connectivity index (χ0v) is 13.5. The fourth-order valence-corrected chi connectivity index (χ4v) is 1.50. The largest absolute Gasteiger partial charge is 0.463 e. The van der Waals surface area contributed by atoms with E-state index in [9.17, 15) is 14.4 Å². The van der Waals surface area contributed by atoms with Gasteiger partial charge in [0.05, 0.1) is 6.20 Å². The first-order valence-corrected chi connectivity index (χ1v) is 6.60. The average Bonchev–Trinajstić information content (AvgIpc) is 2.68. The van der Waals surface area contributed by atoms with Gasteiger partial charge in [-0.15, -0.1) is 0 Å². The smallest absolute Gasteiger partial charge is 0.433 e. The van der Waals surface area contributed by atoms with Gasteiger partial charge in [0.1, 0.15) is 16.8 Å². The quantitative estimate of drug-likeness (QED) is 0.835. The van der Waals surface area contributed by atoms with Crippen LogP contribution in [0.1, 0.15) is 62.4 Å². The minimum absolute atomic E-state index is 0.258. The molecule has 1 aromatic heterocycles. The number of carbonyl (C=O) groups excluding carboxylic acids is 2. The first-order valence-electron chi connectivity index (χ1n) is 6.60. The van der Waals surface area contributed by atoms with Crippen LogP contribution in [0.2, 0.25) is 0 Å². The molecule has 0 aliphatic rings. The van der Waals surface area contributed by atoms with Crippen molar-refractivity contribution in [1.82, 2.24) is 9.78 Å². The van der Waals surface area contributed by atoms with Gasteiger partial charge in [0.15, 0.2) is 5.69 Å². The van der Waals surface area contributed by atoms with E-state index in [0.29, 0.717) is 4.68 Å². The van der Waals surface area contributed by atoms with E-state index >= 15 is 0 Å². The number of nitrogens with zero attached hydrogens (tertiary/aromatic N) is 2. The Bertz CT molecular complexity index is 604. The van der Waals surface area contributed by atoms with Crippen molar-refractivity contribution in [2.24, 2.45) is 0 Å². The molecule has 0 aliphatic carbocycles. The lowest BCUT2D eigenvalue weighted by molar-refractivity contribution is 0.00116. The lowest BCUT2D eigenvalue weighted by Crippen LogP contribution is -2.30. The van der Waals surface area contributed by atoms with Gasteiger partial charge in [-0.05, 0) is 41.5 Å². The molecule has 22 heavy (non-hydrogen) atoms. The average molecular weight is 312 g/mol. The van der Waals surface area contributed by atoms with Crippen LogP contribution in [0.4, 0.5) is 4.79 Å². The Morgan fingerprint density at radius 2 is 1.45 bits per heavy atom. The number of hydrogen-bond donors (Lipinski definition) is 1. The molecule has 1 rings (SSSR count). The van der Waals surface area contributed by atoms with Crippen molar-refractivity contribution in [3.05, 3.63) is 17.5 Å². The standard InChI is InChI=1S/C14H20N2O6/c1-13(2,3)21-10(17)8-7-15-16(12(19)20)9(8)11(18)22-14(4,5)6/h7H,1-6H3,(H,19,20). The fraction of sp³-hybridized carbons (Fsp3) is 0.571. The molecule has 0 saturated heterocycles. The van der Waals surface area contributed by atoms with Crippen LogP contribution in [-0.2, 0) is 9.47 Å². The summed E-state index contributed by atoms with van der Waals surface area (Å²) in [4.78, 5) is 35.4. The van der Waals surface area contributed by atoms with Crippen LogP contribution < -0.4 is 0 Å². The maximum Gasteiger partial charge on any atom is 0.433 e. The summed E-state index contributed by atoms with van der Waals surface area (Å²) >= 11 is 0. The molecule has 0 fully saturated rings. The molecule has 1 aromatic rings. The molecule has 0 spiro atoms. The Labute approximate surface area is 128 Å². The molecule has 8 heteroatoms. The predicted molar refractivity (Wildman–Crippen MR) is 76.0 cm³/mol. The minimum Gasteiger partial charge on any atom is -0.463 e. The molecule has 122 valence electrons. The Hall–Kier alpha value is -2.38. The lowest BCUT2D eigenvalue weighted by Gasteiger charge is -2.21. The molecule has 0 aliphatic heterocycles. The zero-order chi connectivity index (χ0) is 17.3. The predicted octanol–water partition coefficient (Wildman–Crippen LogP) is 2.32. The van der Waals surface area contributed by atoms with Gasteiger partial charge in [0, 0.05) is 0 Å². The molecule has 0 saturated carbocycles. The second-order valence-electron chi connectivity index (χ2n) is 6.61. The monoisotopic (exact) mass is 312 g/mol. The van der Waals surface area contributed by atoms with Gasteiger partial charge in [-0.1, -0.05) is 0 Å². The summed E-state index contributed by atoms with van der Waals surface area (Å²) in [7, 11) is 0. The Morgan fingerprint density at radius 3 is 1.86 bits per heavy atom. The highest BCUT2D eigenvalue weighted by atomic mass is 16.6. The number of rotatable bonds is 2. The number of carbonyl (C=O) groups is 3. The summed E-state index contributed by atoms with van der Waals surface area (Å²) in [5, 5.41) is 12.6. The molecule has 1 heterocycles. The summed E-state index contributed by atoms with van der Waals surface area (Å²) in [6.45, 7) is 9.83. The van der Waals surface area contributed by atoms with Crippen LogP contribution in [0.25, 0.3) is 0 Å². The van der Waals surface area contributed by atoms with Crippen molar-refractivity contribution in [2.75, 3.05) is 0 Å². The van der Waals surface area contributed by atoms with Crippen molar-refractivity contribution < 1.29 is 29.0 Å². The third-order valence-corrected chi connectivity index (χ3v) is 2.16. The highest BCUT2D eigenvalue weighted by Crippen LogP contribution is 2.19. The summed E-state index contributed by atoms with van der Waals surface area (Å²) < 4.78 is 10.7. The van der Waals surface area contributed by atoms with Gasteiger partial charge in [0.25, 0.3) is 0 Å². The van der Waals surface area contributed by atoms with Gasteiger partial charge >= 0.3 is 18.0 Å². The van der Waals surface area contributed by atoms with E-state index in [2.05, 4.69) is 5.10 Å². The van der Waals surface area contributed by atoms with E-state index in [1.54, 1.807) is 41.5 Å². The molecule has 0 aromatic carbocycles. The second kappa shape index (κ2) is 5.78. The van der Waals surface area contributed by atoms with Crippen molar-refractivity contribution in [1.29, 1.82) is 0 Å². The molecule has 0 atom stereocenters. The lowest BCUT2D eigenvalue weighted by atomic mass is 10.1. The summed E-state index contributed by atoms with van der Waals surface area (Å²) in [5.74, 6) is -1.81. The van der Waals surface area contributed by atoms with Crippen molar-refractivity contribution >= 4 is 18.0 Å². The molecule has 0 unspecified atom stereocenters. The van der Waals surface area contributed by atoms with Gasteiger partial charge in [-0.25, -0.2) is 14.4 Å². The topological polar surface area (TPSA) is 108 Å². The van der Waals surface area contributed by atoms with Crippen LogP contribution in [0, 0.1) is 0 Å². The number of esters is 2. The fourth-order valence-electron chi connectivity index (χ4n) is 1.50. The van der Waals surface area contributed by atoms with E-state index < -0.39 is 34.9 Å². The SMILES string of the molecule is CC(C)(C)OC(=O)c1cnn(C(=O)O)c1C(=O)OC(C)(C)C. The third-order valence-electron chi connectivity index (χ3n) is 2.16. The molecular weight excluding hydrogens is 292 g/mol. The zero-order valence-electron chi connectivity index (χ0n) is 13.5. The van der Waals surface area contributed by atoms with Gasteiger partial charge in [0.2, 0.25) is 0 Å². The van der Waals surface area contributed by atoms with Crippen LogP contribution in [0.15, 0.2) is 6.20 Å². The van der Waals surface area contributed by atoms with Gasteiger partial charge < -0.3 is 14.6 Å². The van der Waals surface area contributed by atoms with E-state index in [1.165, 1.54) is 0 Å². The second-order valence-corrected chi connectivity index (χ2v) is 6.61. The summed E-state index contributed by atoms with van der Waals surface area (Å²) in [6, 6.07) is 0.